The Bertz CT molecular complexity index is 2580. The Morgan fingerprint density at radius 2 is 1.16 bits per heavy atom. The van der Waals surface area contributed by atoms with Gasteiger partial charge in [0.05, 0.1) is 0 Å². The van der Waals surface area contributed by atoms with E-state index in [1.807, 2.05) is 40.6 Å². The Hall–Kier alpha value is -3.95. The molecule has 0 bridgehead atoms. The minimum absolute atomic E-state index is 0.0603. The molecule has 0 spiro atoms. The molecule has 1 fully saturated rings. The molecule has 3 heterocycles. The summed E-state index contributed by atoms with van der Waals surface area (Å²) >= 11 is 5.76. The number of hydrogen-bond donors (Lipinski definition) is 0. The first-order chi connectivity index (χ1) is 27.1. The van der Waals surface area contributed by atoms with Gasteiger partial charge in [-0.05, 0) is 13.0 Å². The number of ether oxygens (including phenoxy) is 1. The first-order valence-corrected chi connectivity index (χ1v) is 24.0. The standard InChI is InChI=1S/C51H45OPS2.Os/c1-8-19-39-27-45-48(54-39)41-28-44-42(29-43(41)50(45,4)5)49-46(51(44,6)7)30-47(55-49)40(26-35-32-52-31-34(35)9-2)33(3)53(36-20-13-10-14-21-36,37-22-15-11-16-23-37)38-24-17-12-18-25-38;/h8-30H,31-32H2,1-2,4-7H3;/q+1;/b19-8+,34-9?,35-26?,40-33?;. The fourth-order valence-corrected chi connectivity index (χ4v) is 17.8. The van der Waals surface area contributed by atoms with Crippen molar-refractivity contribution in [2.45, 2.75) is 52.4 Å². The molecule has 3 aliphatic rings. The van der Waals surface area contributed by atoms with Gasteiger partial charge in [-0.1, -0.05) is 6.08 Å². The topological polar surface area (TPSA) is 9.23 Å². The second-order valence-corrected chi connectivity index (χ2v) is 22.1. The first kappa shape index (κ1) is 37.6. The molecule has 0 radical (unpaired) electrons. The molecule has 0 N–H and O–H groups in total. The summed E-state index contributed by atoms with van der Waals surface area (Å²) in [6.45, 7) is 15.2. The van der Waals surface area contributed by atoms with Crippen LogP contribution in [-0.2, 0) is 33.5 Å². The van der Waals surface area contributed by atoms with Crippen molar-refractivity contribution in [3.05, 3.63) is 182 Å². The van der Waals surface area contributed by atoms with E-state index in [4.69, 9.17) is 4.74 Å². The molecule has 56 heavy (non-hydrogen) atoms. The van der Waals surface area contributed by atoms with Crippen LogP contribution in [0.2, 0.25) is 0 Å². The van der Waals surface area contributed by atoms with E-state index in [0.717, 1.165) is 0 Å². The zero-order valence-corrected chi connectivity index (χ0v) is 37.8. The van der Waals surface area contributed by atoms with Crippen LogP contribution >= 0.6 is 29.9 Å². The monoisotopic (exact) mass is 960 g/mol. The molecule has 2 aromatic heterocycles. The number of thiophene rings is 2. The van der Waals surface area contributed by atoms with Crippen molar-refractivity contribution in [2.24, 2.45) is 0 Å². The molecule has 0 atom stereocenters. The third kappa shape index (κ3) is 5.72. The van der Waals surface area contributed by atoms with E-state index in [2.05, 4.69) is 185 Å². The summed E-state index contributed by atoms with van der Waals surface area (Å²) in [6.07, 6.45) is 9.08. The third-order valence-electron chi connectivity index (χ3n) is 12.1. The van der Waals surface area contributed by atoms with Crippen LogP contribution in [0.4, 0.5) is 0 Å². The molecule has 279 valence electrons. The summed E-state index contributed by atoms with van der Waals surface area (Å²) in [5, 5.41) is 5.25. The number of rotatable bonds is 7. The van der Waals surface area contributed by atoms with Crippen LogP contribution in [-0.4, -0.2) is 13.2 Å². The van der Waals surface area contributed by atoms with Crippen LogP contribution in [0.25, 0.3) is 32.5 Å². The predicted octanol–water partition coefficient (Wildman–Crippen LogP) is 12.6. The molecule has 2 aliphatic carbocycles. The molecule has 9 rings (SSSR count). The van der Waals surface area contributed by atoms with Gasteiger partial charge in [-0.3, -0.25) is 0 Å². The number of allylic oxidation sites excluding steroid dienone is 5. The number of hydrogen-bond acceptors (Lipinski definition) is 3. The fraction of sp³-hybridized carbons (Fsp3) is 0.196. The molecule has 0 amide bonds. The molecule has 1 aliphatic heterocycles. The van der Waals surface area contributed by atoms with Crippen molar-refractivity contribution < 1.29 is 22.7 Å². The zero-order chi connectivity index (χ0) is 38.8. The molecule has 0 unspecified atom stereocenters. The summed E-state index contributed by atoms with van der Waals surface area (Å²) in [7, 11) is -2.45. The summed E-state index contributed by atoms with van der Waals surface area (Å²) in [6, 6.07) is 43.7. The van der Waals surface area contributed by atoms with E-state index in [-0.39, 0.29) is 10.8 Å². The van der Waals surface area contributed by atoms with Crippen molar-refractivity contribution in [3.63, 3.8) is 0 Å². The van der Waals surface area contributed by atoms with Gasteiger partial charge in [-0.25, -0.2) is 0 Å². The zero-order valence-electron chi connectivity index (χ0n) is 32.7. The van der Waals surface area contributed by atoms with E-state index in [0.29, 0.717) is 13.2 Å². The van der Waals surface area contributed by atoms with Crippen molar-refractivity contribution >= 4 is 57.5 Å². The molecule has 1 nitrogen and oxygen atoms in total. The van der Waals surface area contributed by atoms with Crippen LogP contribution in [0.15, 0.2) is 150 Å². The van der Waals surface area contributed by atoms with Crippen molar-refractivity contribution in [1.29, 1.82) is 0 Å². The minimum atomic E-state index is -2.45. The van der Waals surface area contributed by atoms with Crippen molar-refractivity contribution in [3.8, 4) is 25.3 Å². The van der Waals surface area contributed by atoms with Gasteiger partial charge in [-0.2, -0.15) is 0 Å². The average Bonchev–Trinajstić information content (AvgIpc) is 4.04. The van der Waals surface area contributed by atoms with E-state index < -0.39 is 7.26 Å². The molecule has 6 aromatic rings. The van der Waals surface area contributed by atoms with Crippen LogP contribution in [0.3, 0.4) is 0 Å². The Kier molecular flexibility index (Phi) is 9.71. The van der Waals surface area contributed by atoms with Crippen molar-refractivity contribution in [1.82, 2.24) is 0 Å². The Morgan fingerprint density at radius 3 is 1.66 bits per heavy atom. The van der Waals surface area contributed by atoms with Crippen LogP contribution < -0.4 is 15.9 Å². The Labute approximate surface area is 350 Å². The van der Waals surface area contributed by atoms with E-state index >= 15 is 0 Å². The van der Waals surface area contributed by atoms with Gasteiger partial charge in [0.25, 0.3) is 0 Å². The van der Waals surface area contributed by atoms with Crippen LogP contribution in [0.5, 0.6) is 0 Å². The maximum absolute atomic E-state index is 6.13. The van der Waals surface area contributed by atoms with Gasteiger partial charge in [-0.15, -0.1) is 0 Å². The van der Waals surface area contributed by atoms with E-state index in [1.54, 1.807) is 0 Å². The molecular formula is C51H45OOsPS2+. The quantitative estimate of drug-likeness (QED) is 0.145. The number of fused-ring (bicyclic) bond motifs is 6. The van der Waals surface area contributed by atoms with E-state index in [9.17, 15) is 0 Å². The van der Waals surface area contributed by atoms with Crippen molar-refractivity contribution in [2.75, 3.05) is 13.2 Å². The number of benzene rings is 4. The summed E-state index contributed by atoms with van der Waals surface area (Å²) in [4.78, 5) is 5.46. The van der Waals surface area contributed by atoms with Gasteiger partial charge in [0, 0.05) is 4.88 Å². The molecule has 4 aromatic carbocycles. The van der Waals surface area contributed by atoms with Gasteiger partial charge >= 0.3 is 329 Å². The Balaban J connectivity index is 1.33. The van der Waals surface area contributed by atoms with Gasteiger partial charge < -0.3 is 0 Å². The molecule has 0 saturated carbocycles. The van der Waals surface area contributed by atoms with Crippen LogP contribution in [0, 0.1) is 4.37 Å². The SMILES string of the molecule is CC=C1COCC1=CC(=C([C]#[Os])[P+](c1ccccc1)(c1ccccc1)c1ccccc1)c1cc2c(s1)-c1cc3c(cc1C2(C)C)-c1sc(/C=C/C)cc1C3(C)C. The summed E-state index contributed by atoms with van der Waals surface area (Å²) in [5.41, 5.74) is 12.1. The maximum atomic E-state index is 6.13. The summed E-state index contributed by atoms with van der Waals surface area (Å²) < 4.78 is 10.1. The summed E-state index contributed by atoms with van der Waals surface area (Å²) in [5.74, 6) is 0. The normalized spacial score (nSPS) is 18.2. The first-order valence-electron chi connectivity index (χ1n) is 19.4. The third-order valence-corrected chi connectivity index (χ3v) is 19.8. The Morgan fingerprint density at radius 1 is 0.661 bits per heavy atom. The molecular weight excluding hydrogens is 914 g/mol. The van der Waals surface area contributed by atoms with Gasteiger partial charge in [0.2, 0.25) is 0 Å². The molecule has 1 saturated heterocycles. The van der Waals surface area contributed by atoms with E-state index in [1.165, 1.54) is 90.8 Å². The fourth-order valence-electron chi connectivity index (χ4n) is 9.18. The average molecular weight is 959 g/mol. The molecule has 5 heteroatoms. The van der Waals surface area contributed by atoms with Gasteiger partial charge in [0.1, 0.15) is 0 Å². The predicted molar refractivity (Wildman–Crippen MR) is 241 cm³/mol. The van der Waals surface area contributed by atoms with Gasteiger partial charge in [0.15, 0.2) is 0 Å². The second kappa shape index (κ2) is 14.5. The van der Waals surface area contributed by atoms with Crippen LogP contribution in [0.1, 0.15) is 73.6 Å². The second-order valence-electron chi connectivity index (χ2n) is 15.9.